The average Bonchev–Trinajstić information content (AvgIpc) is 2.46. The number of rotatable bonds is 5. The van der Waals surface area contributed by atoms with Crippen molar-refractivity contribution in [2.24, 2.45) is 0 Å². The molecule has 0 radical (unpaired) electrons. The smallest absolute Gasteiger partial charge is 0.200 e. The molecule has 0 aliphatic carbocycles. The van der Waals surface area contributed by atoms with Crippen molar-refractivity contribution < 1.29 is 14.3 Å². The normalized spacial score (nSPS) is 10.0. The predicted octanol–water partition coefficient (Wildman–Crippen LogP) is 3.72. The van der Waals surface area contributed by atoms with Crippen molar-refractivity contribution in [2.45, 2.75) is 0 Å². The van der Waals surface area contributed by atoms with Gasteiger partial charge in [-0.3, -0.25) is 4.79 Å². The number of Topliss-reactive ketones (excluding diaryl/α,β-unsaturated/α-hetero) is 1. The molecule has 4 heteroatoms. The molecule has 0 atom stereocenters. The highest BCUT2D eigenvalue weighted by Gasteiger charge is 2.07. The van der Waals surface area contributed by atoms with Gasteiger partial charge < -0.3 is 9.47 Å². The van der Waals surface area contributed by atoms with E-state index in [2.05, 4.69) is 15.9 Å². The van der Waals surface area contributed by atoms with E-state index in [1.807, 2.05) is 24.3 Å². The third-order valence-corrected chi connectivity index (χ3v) is 3.10. The second-order valence-electron chi connectivity index (χ2n) is 3.90. The molecule has 0 saturated carbocycles. The molecule has 0 fully saturated rings. The molecule has 0 saturated heterocycles. The van der Waals surface area contributed by atoms with Crippen LogP contribution in [0.3, 0.4) is 0 Å². The quantitative estimate of drug-likeness (QED) is 0.788. The van der Waals surface area contributed by atoms with Gasteiger partial charge in [0.1, 0.15) is 11.5 Å². The van der Waals surface area contributed by atoms with E-state index in [4.69, 9.17) is 9.47 Å². The summed E-state index contributed by atoms with van der Waals surface area (Å²) >= 11 is 3.34. The molecular formula is C15H13BrO3. The van der Waals surface area contributed by atoms with E-state index in [0.29, 0.717) is 17.1 Å². The molecule has 2 aromatic rings. The Hall–Kier alpha value is -1.81. The highest BCUT2D eigenvalue weighted by atomic mass is 79.9. The van der Waals surface area contributed by atoms with Crippen molar-refractivity contribution in [3.63, 3.8) is 0 Å². The van der Waals surface area contributed by atoms with Crippen LogP contribution in [-0.4, -0.2) is 19.5 Å². The number of carbonyl (C=O) groups is 1. The number of ketones is 1. The van der Waals surface area contributed by atoms with Crippen molar-refractivity contribution >= 4 is 21.7 Å². The van der Waals surface area contributed by atoms with Crippen molar-refractivity contribution in [2.75, 3.05) is 13.7 Å². The molecule has 0 heterocycles. The molecule has 98 valence electrons. The summed E-state index contributed by atoms with van der Waals surface area (Å²) in [5, 5.41) is 0. The van der Waals surface area contributed by atoms with E-state index < -0.39 is 0 Å². The highest BCUT2D eigenvalue weighted by Crippen LogP contribution is 2.17. The van der Waals surface area contributed by atoms with Crippen molar-refractivity contribution in [1.29, 1.82) is 0 Å². The van der Waals surface area contributed by atoms with Crippen LogP contribution in [0.15, 0.2) is 53.0 Å². The van der Waals surface area contributed by atoms with Gasteiger partial charge in [0.05, 0.1) is 7.11 Å². The van der Waals surface area contributed by atoms with Gasteiger partial charge in [-0.15, -0.1) is 0 Å². The van der Waals surface area contributed by atoms with Gasteiger partial charge in [0, 0.05) is 10.0 Å². The lowest BCUT2D eigenvalue weighted by molar-refractivity contribution is 0.0921. The van der Waals surface area contributed by atoms with Crippen LogP contribution in [0.4, 0.5) is 0 Å². The van der Waals surface area contributed by atoms with E-state index >= 15 is 0 Å². The van der Waals surface area contributed by atoms with Gasteiger partial charge in [-0.05, 0) is 36.4 Å². The van der Waals surface area contributed by atoms with Crippen molar-refractivity contribution in [1.82, 2.24) is 0 Å². The SMILES string of the molecule is COc1cccc(C(=O)COc2ccc(Br)cc2)c1. The fraction of sp³-hybridized carbons (Fsp3) is 0.133. The summed E-state index contributed by atoms with van der Waals surface area (Å²) < 4.78 is 11.5. The number of hydrogen-bond acceptors (Lipinski definition) is 3. The fourth-order valence-corrected chi connectivity index (χ4v) is 1.82. The second-order valence-corrected chi connectivity index (χ2v) is 4.81. The Balaban J connectivity index is 1.99. The van der Waals surface area contributed by atoms with Gasteiger partial charge in [-0.1, -0.05) is 28.1 Å². The summed E-state index contributed by atoms with van der Waals surface area (Å²) in [4.78, 5) is 12.0. The van der Waals surface area contributed by atoms with Crippen LogP contribution >= 0.6 is 15.9 Å². The largest absolute Gasteiger partial charge is 0.497 e. The summed E-state index contributed by atoms with van der Waals surface area (Å²) in [6.45, 7) is 0.00873. The highest BCUT2D eigenvalue weighted by molar-refractivity contribution is 9.10. The molecule has 0 aromatic heterocycles. The topological polar surface area (TPSA) is 35.5 Å². The minimum absolute atomic E-state index is 0.00873. The standard InChI is InChI=1S/C15H13BrO3/c1-18-14-4-2-3-11(9-14)15(17)10-19-13-7-5-12(16)6-8-13/h2-9H,10H2,1H3. The zero-order valence-corrected chi connectivity index (χ0v) is 12.0. The fourth-order valence-electron chi connectivity index (χ4n) is 1.56. The minimum Gasteiger partial charge on any atom is -0.497 e. The molecule has 0 spiro atoms. The Morgan fingerprint density at radius 1 is 1.11 bits per heavy atom. The van der Waals surface area contributed by atoms with Gasteiger partial charge in [0.15, 0.2) is 12.4 Å². The Kier molecular flexibility index (Phi) is 4.58. The summed E-state index contributed by atoms with van der Waals surface area (Å²) in [6.07, 6.45) is 0. The number of carbonyl (C=O) groups excluding carboxylic acids is 1. The first-order valence-electron chi connectivity index (χ1n) is 5.74. The molecule has 2 aromatic carbocycles. The van der Waals surface area contributed by atoms with Crippen LogP contribution in [-0.2, 0) is 0 Å². The first-order chi connectivity index (χ1) is 9.19. The van der Waals surface area contributed by atoms with E-state index in [0.717, 1.165) is 4.47 Å². The van der Waals surface area contributed by atoms with E-state index in [1.165, 1.54) is 0 Å². The van der Waals surface area contributed by atoms with Gasteiger partial charge in [0.25, 0.3) is 0 Å². The molecule has 0 bridgehead atoms. The Bertz CT molecular complexity index is 564. The zero-order valence-electron chi connectivity index (χ0n) is 10.4. The number of hydrogen-bond donors (Lipinski definition) is 0. The summed E-state index contributed by atoms with van der Waals surface area (Å²) in [5.74, 6) is 1.25. The number of ether oxygens (including phenoxy) is 2. The predicted molar refractivity (Wildman–Crippen MR) is 77.0 cm³/mol. The Morgan fingerprint density at radius 3 is 2.53 bits per heavy atom. The van der Waals surface area contributed by atoms with Crippen LogP contribution in [0.5, 0.6) is 11.5 Å². The van der Waals surface area contributed by atoms with Gasteiger partial charge in [0.2, 0.25) is 0 Å². The number of methoxy groups -OCH3 is 1. The molecule has 3 nitrogen and oxygen atoms in total. The Morgan fingerprint density at radius 2 is 1.84 bits per heavy atom. The maximum atomic E-state index is 12.0. The van der Waals surface area contributed by atoms with Crippen LogP contribution in [0, 0.1) is 0 Å². The van der Waals surface area contributed by atoms with E-state index in [1.54, 1.807) is 31.4 Å². The van der Waals surface area contributed by atoms with Crippen LogP contribution in [0.2, 0.25) is 0 Å². The molecule has 0 aliphatic rings. The number of benzene rings is 2. The van der Waals surface area contributed by atoms with Crippen molar-refractivity contribution in [3.05, 3.63) is 58.6 Å². The van der Waals surface area contributed by atoms with Crippen LogP contribution < -0.4 is 9.47 Å². The van der Waals surface area contributed by atoms with Crippen molar-refractivity contribution in [3.8, 4) is 11.5 Å². The first kappa shape index (κ1) is 13.6. The molecule has 0 N–H and O–H groups in total. The summed E-state index contributed by atoms with van der Waals surface area (Å²) in [5.41, 5.74) is 0.580. The van der Waals surface area contributed by atoms with Crippen LogP contribution in [0.1, 0.15) is 10.4 Å². The van der Waals surface area contributed by atoms with Gasteiger partial charge >= 0.3 is 0 Å². The van der Waals surface area contributed by atoms with Gasteiger partial charge in [-0.2, -0.15) is 0 Å². The maximum Gasteiger partial charge on any atom is 0.200 e. The van der Waals surface area contributed by atoms with Gasteiger partial charge in [-0.25, -0.2) is 0 Å². The molecular weight excluding hydrogens is 308 g/mol. The third kappa shape index (κ3) is 3.83. The first-order valence-corrected chi connectivity index (χ1v) is 6.54. The van der Waals surface area contributed by atoms with E-state index in [-0.39, 0.29) is 12.4 Å². The second kappa shape index (κ2) is 6.38. The molecule has 19 heavy (non-hydrogen) atoms. The third-order valence-electron chi connectivity index (χ3n) is 2.58. The number of halogens is 1. The molecule has 0 unspecified atom stereocenters. The Labute approximate surface area is 120 Å². The molecule has 0 aliphatic heterocycles. The lowest BCUT2D eigenvalue weighted by Gasteiger charge is -2.06. The molecule has 2 rings (SSSR count). The lowest BCUT2D eigenvalue weighted by Crippen LogP contribution is -2.11. The zero-order chi connectivity index (χ0) is 13.7. The molecule has 0 amide bonds. The maximum absolute atomic E-state index is 12.0. The minimum atomic E-state index is -0.0816. The monoisotopic (exact) mass is 320 g/mol. The lowest BCUT2D eigenvalue weighted by atomic mass is 10.1. The summed E-state index contributed by atoms with van der Waals surface area (Å²) in [6, 6.07) is 14.4. The van der Waals surface area contributed by atoms with Crippen LogP contribution in [0.25, 0.3) is 0 Å². The van der Waals surface area contributed by atoms with E-state index in [9.17, 15) is 4.79 Å². The summed E-state index contributed by atoms with van der Waals surface area (Å²) in [7, 11) is 1.57. The average molecular weight is 321 g/mol.